The lowest BCUT2D eigenvalue weighted by molar-refractivity contribution is -0.140. The Balaban J connectivity index is 1.43. The van der Waals surface area contributed by atoms with E-state index in [0.29, 0.717) is 16.9 Å². The number of carboxylic acid groups (broad SMARTS) is 1. The number of thioether (sulfide) groups is 1. The summed E-state index contributed by atoms with van der Waals surface area (Å²) in [7, 11) is 3.35. The Labute approximate surface area is 225 Å². The van der Waals surface area contributed by atoms with Gasteiger partial charge in [0, 0.05) is 23.7 Å². The molecular weight excluding hydrogens is 508 g/mol. The summed E-state index contributed by atoms with van der Waals surface area (Å²) in [6, 6.07) is 12.9. The second kappa shape index (κ2) is 10.6. The third-order valence-corrected chi connectivity index (χ3v) is 8.52. The van der Waals surface area contributed by atoms with Crippen molar-refractivity contribution in [2.45, 2.75) is 37.6 Å². The molecule has 1 aliphatic carbocycles. The molecule has 37 heavy (non-hydrogen) atoms. The van der Waals surface area contributed by atoms with Crippen LogP contribution < -0.4 is 14.4 Å². The highest BCUT2D eigenvalue weighted by molar-refractivity contribution is 8.26. The maximum absolute atomic E-state index is 12.5. The zero-order valence-electron chi connectivity index (χ0n) is 20.7. The van der Waals surface area contributed by atoms with Crippen LogP contribution >= 0.6 is 24.0 Å². The molecule has 2 aromatic rings. The standard InChI is InChI=1S/C28H28N2O5S2/c1-34-18-11-13-23(24(15-18)35-2)30-21-8-4-3-7-19(21)20-14-17(10-12-22(20)30)6-5-9-25-27(33)29(16-26(31)32)28(36)37-25/h5-6,9-15,19,21H,3-4,7-8,16H2,1-2H3,(H,31,32)/b6-5-,25-9+. The summed E-state index contributed by atoms with van der Waals surface area (Å²) in [4.78, 5) is 27.5. The molecule has 7 nitrogen and oxygen atoms in total. The lowest BCUT2D eigenvalue weighted by Gasteiger charge is -2.34. The Morgan fingerprint density at radius 1 is 1.14 bits per heavy atom. The number of rotatable bonds is 7. The van der Waals surface area contributed by atoms with Crippen molar-refractivity contribution < 1.29 is 24.2 Å². The van der Waals surface area contributed by atoms with Crippen LogP contribution in [0.2, 0.25) is 0 Å². The number of carbonyl (C=O) groups excluding carboxylic acids is 1. The molecule has 2 heterocycles. The van der Waals surface area contributed by atoms with E-state index in [2.05, 4.69) is 29.2 Å². The summed E-state index contributed by atoms with van der Waals surface area (Å²) < 4.78 is 11.4. The van der Waals surface area contributed by atoms with Gasteiger partial charge >= 0.3 is 5.97 Å². The van der Waals surface area contributed by atoms with Crippen LogP contribution in [0.1, 0.15) is 42.7 Å². The summed E-state index contributed by atoms with van der Waals surface area (Å²) in [5.41, 5.74) is 4.62. The van der Waals surface area contributed by atoms with Crippen LogP contribution in [0, 0.1) is 0 Å². The third-order valence-electron chi connectivity index (χ3n) is 7.12. The van der Waals surface area contributed by atoms with E-state index in [1.807, 2.05) is 24.3 Å². The van der Waals surface area contributed by atoms with E-state index in [0.717, 1.165) is 52.3 Å². The average Bonchev–Trinajstić information content (AvgIpc) is 3.36. The second-order valence-corrected chi connectivity index (χ2v) is 10.9. The van der Waals surface area contributed by atoms with Crippen molar-refractivity contribution in [1.82, 2.24) is 4.90 Å². The Morgan fingerprint density at radius 3 is 2.68 bits per heavy atom. The average molecular weight is 537 g/mol. The lowest BCUT2D eigenvalue weighted by atomic mass is 9.82. The first-order valence-corrected chi connectivity index (χ1v) is 13.4. The van der Waals surface area contributed by atoms with Gasteiger partial charge in [-0.05, 0) is 54.3 Å². The van der Waals surface area contributed by atoms with Crippen molar-refractivity contribution in [2.75, 3.05) is 25.7 Å². The van der Waals surface area contributed by atoms with Gasteiger partial charge in [0.05, 0.1) is 24.8 Å². The summed E-state index contributed by atoms with van der Waals surface area (Å²) in [5.74, 6) is 0.538. The molecule has 192 valence electrons. The number of thiocarbonyl (C=S) groups is 1. The largest absolute Gasteiger partial charge is 0.497 e. The van der Waals surface area contributed by atoms with Crippen LogP contribution in [0.5, 0.6) is 11.5 Å². The summed E-state index contributed by atoms with van der Waals surface area (Å²) >= 11 is 6.29. The van der Waals surface area contributed by atoms with Crippen LogP contribution in [0.4, 0.5) is 11.4 Å². The van der Waals surface area contributed by atoms with Gasteiger partial charge in [0.2, 0.25) is 0 Å². The fraction of sp³-hybridized carbons (Fsp3) is 0.321. The maximum atomic E-state index is 12.5. The van der Waals surface area contributed by atoms with Crippen molar-refractivity contribution in [2.24, 2.45) is 0 Å². The number of nitrogens with zero attached hydrogens (tertiary/aromatic N) is 2. The number of hydrogen-bond donors (Lipinski definition) is 1. The minimum absolute atomic E-state index is 0.266. The molecule has 9 heteroatoms. The number of benzene rings is 2. The van der Waals surface area contributed by atoms with E-state index in [9.17, 15) is 9.59 Å². The number of anilines is 2. The van der Waals surface area contributed by atoms with Crippen LogP contribution in [0.15, 0.2) is 53.5 Å². The van der Waals surface area contributed by atoms with Gasteiger partial charge < -0.3 is 19.5 Å². The highest BCUT2D eigenvalue weighted by Crippen LogP contribution is 2.53. The van der Waals surface area contributed by atoms with Gasteiger partial charge in [0.15, 0.2) is 0 Å². The van der Waals surface area contributed by atoms with Crippen molar-refractivity contribution in [3.05, 3.63) is 64.6 Å². The highest BCUT2D eigenvalue weighted by atomic mass is 32.2. The van der Waals surface area contributed by atoms with Gasteiger partial charge in [0.25, 0.3) is 5.91 Å². The minimum Gasteiger partial charge on any atom is -0.497 e. The molecule has 1 saturated carbocycles. The molecule has 5 rings (SSSR count). The predicted octanol–water partition coefficient (Wildman–Crippen LogP) is 5.72. The first-order chi connectivity index (χ1) is 17.9. The molecule has 0 bridgehead atoms. The molecule has 0 spiro atoms. The number of ether oxygens (including phenoxy) is 2. The molecule has 0 aromatic heterocycles. The molecule has 2 aromatic carbocycles. The van der Waals surface area contributed by atoms with Crippen molar-refractivity contribution >= 4 is 57.6 Å². The molecule has 2 unspecified atom stereocenters. The number of aliphatic carboxylic acids is 1. The number of amides is 1. The second-order valence-electron chi connectivity index (χ2n) is 9.23. The minimum atomic E-state index is -1.09. The summed E-state index contributed by atoms with van der Waals surface area (Å²) in [5, 5.41) is 9.01. The molecule has 1 N–H and O–H groups in total. The number of allylic oxidation sites excluding steroid dienone is 2. The van der Waals surface area contributed by atoms with Gasteiger partial charge in [-0.25, -0.2) is 0 Å². The molecule has 2 aliphatic heterocycles. The van der Waals surface area contributed by atoms with Gasteiger partial charge in [0.1, 0.15) is 22.4 Å². The molecule has 2 atom stereocenters. The van der Waals surface area contributed by atoms with E-state index in [4.69, 9.17) is 26.8 Å². The highest BCUT2D eigenvalue weighted by Gasteiger charge is 2.41. The summed E-state index contributed by atoms with van der Waals surface area (Å²) in [6.45, 7) is -0.422. The van der Waals surface area contributed by atoms with Gasteiger partial charge in [-0.1, -0.05) is 55.0 Å². The first-order valence-electron chi connectivity index (χ1n) is 12.2. The molecule has 3 aliphatic rings. The van der Waals surface area contributed by atoms with E-state index in [1.54, 1.807) is 20.3 Å². The van der Waals surface area contributed by atoms with Crippen LogP contribution in [-0.4, -0.2) is 53.0 Å². The van der Waals surface area contributed by atoms with Gasteiger partial charge in [-0.3, -0.25) is 14.5 Å². The van der Waals surface area contributed by atoms with Crippen LogP contribution in [0.25, 0.3) is 6.08 Å². The van der Waals surface area contributed by atoms with E-state index < -0.39 is 12.5 Å². The smallest absolute Gasteiger partial charge is 0.323 e. The first kappa shape index (κ1) is 25.4. The lowest BCUT2D eigenvalue weighted by Crippen LogP contribution is -2.33. The van der Waals surface area contributed by atoms with Crippen LogP contribution in [0.3, 0.4) is 0 Å². The Hall–Kier alpha value is -3.30. The molecular formula is C28H28N2O5S2. The fourth-order valence-electron chi connectivity index (χ4n) is 5.48. The SMILES string of the molecule is COc1ccc(N2c3ccc(/C=C\C=C4\SC(=S)N(CC(=O)O)C4=O)cc3C3CCCCC32)c(OC)c1. The van der Waals surface area contributed by atoms with E-state index >= 15 is 0 Å². The number of methoxy groups -OCH3 is 2. The molecule has 2 fully saturated rings. The zero-order chi connectivity index (χ0) is 26.1. The van der Waals surface area contributed by atoms with E-state index in [1.165, 1.54) is 24.1 Å². The van der Waals surface area contributed by atoms with Crippen LogP contribution in [-0.2, 0) is 9.59 Å². The Kier molecular flexibility index (Phi) is 7.26. The molecule has 1 saturated heterocycles. The van der Waals surface area contributed by atoms with Crippen molar-refractivity contribution in [1.29, 1.82) is 0 Å². The maximum Gasteiger partial charge on any atom is 0.323 e. The third kappa shape index (κ3) is 4.85. The normalized spacial score (nSPS) is 22.1. The van der Waals surface area contributed by atoms with Crippen molar-refractivity contribution in [3.8, 4) is 11.5 Å². The number of fused-ring (bicyclic) bond motifs is 3. The summed E-state index contributed by atoms with van der Waals surface area (Å²) in [6.07, 6.45) is 10.2. The quantitative estimate of drug-likeness (QED) is 0.355. The molecule has 0 radical (unpaired) electrons. The van der Waals surface area contributed by atoms with Gasteiger partial charge in [-0.2, -0.15) is 0 Å². The monoisotopic (exact) mass is 536 g/mol. The zero-order valence-corrected chi connectivity index (χ0v) is 22.3. The fourth-order valence-corrected chi connectivity index (χ4v) is 6.69. The number of carbonyl (C=O) groups is 2. The number of carboxylic acids is 1. The number of hydrogen-bond acceptors (Lipinski definition) is 7. The predicted molar refractivity (Wildman–Crippen MR) is 150 cm³/mol. The Bertz CT molecular complexity index is 1320. The topological polar surface area (TPSA) is 79.3 Å². The van der Waals surface area contributed by atoms with E-state index in [-0.39, 0.29) is 10.2 Å². The van der Waals surface area contributed by atoms with Crippen molar-refractivity contribution in [3.63, 3.8) is 0 Å². The Morgan fingerprint density at radius 2 is 1.92 bits per heavy atom. The molecule has 1 amide bonds. The van der Waals surface area contributed by atoms with Gasteiger partial charge in [-0.15, -0.1) is 0 Å².